The average molecular weight is 253 g/mol. The number of furan rings is 1. The summed E-state index contributed by atoms with van der Waals surface area (Å²) in [5.74, 6) is 1.000. The molecule has 1 aromatic heterocycles. The van der Waals surface area contributed by atoms with Gasteiger partial charge in [-0.25, -0.2) is 4.79 Å². The first-order chi connectivity index (χ1) is 8.66. The maximum atomic E-state index is 11.7. The van der Waals surface area contributed by atoms with E-state index in [-0.39, 0.29) is 12.2 Å². The minimum absolute atomic E-state index is 0.0632. The summed E-state index contributed by atoms with van der Waals surface area (Å²) in [7, 11) is 0. The van der Waals surface area contributed by atoms with Crippen molar-refractivity contribution in [2.45, 2.75) is 46.6 Å². The van der Waals surface area contributed by atoms with Crippen molar-refractivity contribution in [3.05, 3.63) is 23.7 Å². The Morgan fingerprint density at radius 1 is 1.33 bits per heavy atom. The smallest absolute Gasteiger partial charge is 0.410 e. The molecular formula is C14H23NO3. The van der Waals surface area contributed by atoms with Gasteiger partial charge in [-0.05, 0) is 31.9 Å². The number of nitrogens with zero attached hydrogens (tertiary/aromatic N) is 1. The number of carbonyl (C=O) groups is 1. The van der Waals surface area contributed by atoms with E-state index in [0.717, 1.165) is 18.6 Å². The zero-order chi connectivity index (χ0) is 13.5. The maximum Gasteiger partial charge on any atom is 0.410 e. The highest BCUT2D eigenvalue weighted by Crippen LogP contribution is 2.17. The van der Waals surface area contributed by atoms with Gasteiger partial charge < -0.3 is 14.1 Å². The van der Waals surface area contributed by atoms with Gasteiger partial charge in [0.05, 0.1) is 12.4 Å². The third-order valence-corrected chi connectivity index (χ3v) is 2.69. The van der Waals surface area contributed by atoms with Crippen LogP contribution >= 0.6 is 0 Å². The van der Waals surface area contributed by atoms with Crippen molar-refractivity contribution in [2.75, 3.05) is 13.1 Å². The van der Waals surface area contributed by atoms with E-state index in [0.29, 0.717) is 13.1 Å². The lowest BCUT2D eigenvalue weighted by atomic mass is 10.2. The van der Waals surface area contributed by atoms with E-state index in [1.54, 1.807) is 11.2 Å². The second-order valence-electron chi connectivity index (χ2n) is 4.29. The van der Waals surface area contributed by atoms with Gasteiger partial charge in [0.25, 0.3) is 0 Å². The van der Waals surface area contributed by atoms with E-state index in [1.165, 1.54) is 5.56 Å². The Hall–Kier alpha value is -1.45. The fraction of sp³-hybridized carbons (Fsp3) is 0.643. The molecule has 2 heterocycles. The van der Waals surface area contributed by atoms with E-state index in [2.05, 4.69) is 0 Å². The molecule has 0 bridgehead atoms. The molecule has 102 valence electrons. The van der Waals surface area contributed by atoms with Crippen LogP contribution in [0.4, 0.5) is 4.79 Å². The summed E-state index contributed by atoms with van der Waals surface area (Å²) in [6, 6.07) is 1.98. The Morgan fingerprint density at radius 3 is 2.67 bits per heavy atom. The summed E-state index contributed by atoms with van der Waals surface area (Å²) in [6.45, 7) is 9.10. The van der Waals surface area contributed by atoms with Crippen LogP contribution in [0.25, 0.3) is 0 Å². The first-order valence-electron chi connectivity index (χ1n) is 6.67. The quantitative estimate of drug-likeness (QED) is 0.771. The number of amides is 1. The molecular weight excluding hydrogens is 230 g/mol. The molecule has 18 heavy (non-hydrogen) atoms. The molecule has 1 aliphatic rings. The Bertz CT molecular complexity index is 348. The average Bonchev–Trinajstić information content (AvgIpc) is 2.70. The largest absolute Gasteiger partial charge is 0.469 e. The first kappa shape index (κ1) is 14.6. The zero-order valence-corrected chi connectivity index (χ0v) is 11.7. The van der Waals surface area contributed by atoms with Gasteiger partial charge in [-0.1, -0.05) is 13.8 Å². The summed E-state index contributed by atoms with van der Waals surface area (Å²) >= 11 is 0. The van der Waals surface area contributed by atoms with Crippen molar-refractivity contribution in [1.82, 2.24) is 4.90 Å². The second-order valence-corrected chi connectivity index (χ2v) is 4.29. The zero-order valence-electron chi connectivity index (χ0n) is 11.7. The van der Waals surface area contributed by atoms with E-state index < -0.39 is 0 Å². The molecule has 0 unspecified atom stereocenters. The van der Waals surface area contributed by atoms with Gasteiger partial charge in [-0.15, -0.1) is 0 Å². The lowest BCUT2D eigenvalue weighted by Crippen LogP contribution is -2.35. The van der Waals surface area contributed by atoms with Gasteiger partial charge in [-0.3, -0.25) is 0 Å². The van der Waals surface area contributed by atoms with Gasteiger partial charge in [0.1, 0.15) is 5.76 Å². The van der Waals surface area contributed by atoms with Crippen molar-refractivity contribution >= 4 is 6.09 Å². The fourth-order valence-electron chi connectivity index (χ4n) is 1.87. The van der Waals surface area contributed by atoms with Crippen LogP contribution in [-0.2, 0) is 17.6 Å². The molecule has 0 spiro atoms. The van der Waals surface area contributed by atoms with E-state index in [1.807, 2.05) is 33.8 Å². The SMILES string of the molecule is CC.CC(C)OC(=O)N1CCc2ccoc2CC1. The van der Waals surface area contributed by atoms with Crippen LogP contribution in [0.5, 0.6) is 0 Å². The minimum Gasteiger partial charge on any atom is -0.469 e. The molecule has 0 saturated carbocycles. The maximum absolute atomic E-state index is 11.7. The molecule has 2 rings (SSSR count). The molecule has 4 nitrogen and oxygen atoms in total. The van der Waals surface area contributed by atoms with Gasteiger partial charge in [0, 0.05) is 19.5 Å². The highest BCUT2D eigenvalue weighted by molar-refractivity contribution is 5.68. The van der Waals surface area contributed by atoms with E-state index in [4.69, 9.17) is 9.15 Å². The number of hydrogen-bond donors (Lipinski definition) is 0. The molecule has 4 heteroatoms. The standard InChI is InChI=1S/C12H17NO3.C2H6/c1-9(2)16-12(14)13-6-3-10-5-8-15-11(10)4-7-13;1-2/h5,8-9H,3-4,6-7H2,1-2H3;1-2H3. The molecule has 0 radical (unpaired) electrons. The molecule has 1 amide bonds. The summed E-state index contributed by atoms with van der Waals surface area (Å²) in [5, 5.41) is 0. The summed E-state index contributed by atoms with van der Waals surface area (Å²) < 4.78 is 10.5. The van der Waals surface area contributed by atoms with Gasteiger partial charge >= 0.3 is 6.09 Å². The van der Waals surface area contributed by atoms with Crippen molar-refractivity contribution in [3.8, 4) is 0 Å². The van der Waals surface area contributed by atoms with E-state index in [9.17, 15) is 4.79 Å². The Kier molecular flexibility index (Phi) is 5.75. The van der Waals surface area contributed by atoms with Crippen LogP contribution in [0.3, 0.4) is 0 Å². The predicted molar refractivity (Wildman–Crippen MR) is 70.7 cm³/mol. The fourth-order valence-corrected chi connectivity index (χ4v) is 1.87. The Labute approximate surface area is 109 Å². The monoisotopic (exact) mass is 253 g/mol. The molecule has 0 atom stereocenters. The summed E-state index contributed by atoms with van der Waals surface area (Å²) in [4.78, 5) is 13.5. The Morgan fingerprint density at radius 2 is 2.00 bits per heavy atom. The van der Waals surface area contributed by atoms with Crippen molar-refractivity contribution in [3.63, 3.8) is 0 Å². The first-order valence-corrected chi connectivity index (χ1v) is 6.67. The number of rotatable bonds is 1. The molecule has 0 aromatic carbocycles. The lowest BCUT2D eigenvalue weighted by Gasteiger charge is -2.20. The highest BCUT2D eigenvalue weighted by atomic mass is 16.6. The van der Waals surface area contributed by atoms with Crippen LogP contribution in [-0.4, -0.2) is 30.2 Å². The van der Waals surface area contributed by atoms with Crippen LogP contribution in [0, 0.1) is 0 Å². The molecule has 0 fully saturated rings. The second kappa shape index (κ2) is 7.09. The van der Waals surface area contributed by atoms with Crippen molar-refractivity contribution in [1.29, 1.82) is 0 Å². The number of carbonyl (C=O) groups excluding carboxylic acids is 1. The lowest BCUT2D eigenvalue weighted by molar-refractivity contribution is 0.0779. The molecule has 1 aromatic rings. The van der Waals surface area contributed by atoms with Crippen LogP contribution < -0.4 is 0 Å². The van der Waals surface area contributed by atoms with Crippen LogP contribution in [0.2, 0.25) is 0 Å². The highest BCUT2D eigenvalue weighted by Gasteiger charge is 2.21. The number of fused-ring (bicyclic) bond motifs is 1. The van der Waals surface area contributed by atoms with Gasteiger partial charge in [-0.2, -0.15) is 0 Å². The molecule has 1 aliphatic heterocycles. The minimum atomic E-state index is -0.222. The summed E-state index contributed by atoms with van der Waals surface area (Å²) in [6.07, 6.45) is 3.05. The molecule has 0 N–H and O–H groups in total. The van der Waals surface area contributed by atoms with Crippen molar-refractivity contribution < 1.29 is 13.9 Å². The van der Waals surface area contributed by atoms with Gasteiger partial charge in [0.15, 0.2) is 0 Å². The van der Waals surface area contributed by atoms with Crippen molar-refractivity contribution in [2.24, 2.45) is 0 Å². The third-order valence-electron chi connectivity index (χ3n) is 2.69. The third kappa shape index (κ3) is 3.79. The Balaban J connectivity index is 0.000000771. The topological polar surface area (TPSA) is 42.7 Å². The molecule has 0 aliphatic carbocycles. The predicted octanol–water partition coefficient (Wildman–Crippen LogP) is 3.25. The van der Waals surface area contributed by atoms with E-state index >= 15 is 0 Å². The van der Waals surface area contributed by atoms with Crippen LogP contribution in [0.1, 0.15) is 39.0 Å². The number of ether oxygens (including phenoxy) is 1. The van der Waals surface area contributed by atoms with Crippen LogP contribution in [0.15, 0.2) is 16.7 Å². The van der Waals surface area contributed by atoms with Gasteiger partial charge in [0.2, 0.25) is 0 Å². The number of hydrogen-bond acceptors (Lipinski definition) is 3. The molecule has 0 saturated heterocycles. The normalized spacial score (nSPS) is 14.4. The summed E-state index contributed by atoms with van der Waals surface area (Å²) in [5.41, 5.74) is 1.21.